The van der Waals surface area contributed by atoms with Crippen molar-refractivity contribution in [1.29, 1.82) is 0 Å². The van der Waals surface area contributed by atoms with Gasteiger partial charge in [0.15, 0.2) is 0 Å². The molecule has 0 aliphatic rings. The van der Waals surface area contributed by atoms with Gasteiger partial charge in [0.1, 0.15) is 5.69 Å². The molecular formula is C25H50F6NP2+. The Labute approximate surface area is 205 Å². The van der Waals surface area contributed by atoms with Crippen molar-refractivity contribution in [1.82, 2.24) is 4.48 Å². The molecule has 34 heavy (non-hydrogen) atoms. The molecule has 1 nitrogen and oxygen atoms in total. The topological polar surface area (TPSA) is 0 Å². The maximum atomic E-state index is 9.87. The maximum absolute atomic E-state index is 10.7. The van der Waals surface area contributed by atoms with E-state index in [1.165, 1.54) is 57.1 Å². The molecule has 1 rings (SSSR count). The fourth-order valence-electron chi connectivity index (χ4n) is 3.52. The summed E-state index contributed by atoms with van der Waals surface area (Å²) in [5.41, 5.74) is 1.34. The molecule has 0 unspecified atom stereocenters. The summed E-state index contributed by atoms with van der Waals surface area (Å²) in [6, 6.07) is 10.5. The molecule has 0 heterocycles. The number of para-hydroxylation sites is 1. The molecule has 0 aliphatic heterocycles. The molecule has 1 aromatic rings. The van der Waals surface area contributed by atoms with Gasteiger partial charge in [0.05, 0.1) is 45.8 Å². The van der Waals surface area contributed by atoms with Crippen LogP contribution in [0.3, 0.4) is 0 Å². The Hall–Kier alpha value is -0.380. The fourth-order valence-corrected chi connectivity index (χ4v) is 8.81. The molecule has 1 aromatic carbocycles. The normalized spacial score (nSPS) is 14.1. The third kappa shape index (κ3) is 26.2. The zero-order valence-corrected chi connectivity index (χ0v) is 24.3. The number of hydrogen-bond donors (Lipinski definition) is 0. The van der Waals surface area contributed by atoms with Crippen molar-refractivity contribution < 1.29 is 25.2 Å². The van der Waals surface area contributed by atoms with Crippen LogP contribution < -0.4 is 4.48 Å². The van der Waals surface area contributed by atoms with Gasteiger partial charge in [-0.2, -0.15) is 0 Å². The fraction of sp³-hybridized carbons (Fsp3) is 0.760. The molecule has 0 aliphatic carbocycles. The van der Waals surface area contributed by atoms with Gasteiger partial charge in [0, 0.05) is 7.26 Å². The van der Waals surface area contributed by atoms with E-state index in [-0.39, 0.29) is 0 Å². The molecule has 206 valence electrons. The first kappa shape index (κ1) is 35.8. The second-order valence-electron chi connectivity index (χ2n) is 9.96. The van der Waals surface area contributed by atoms with Crippen molar-refractivity contribution in [2.75, 3.05) is 45.8 Å². The monoisotopic (exact) mass is 540 g/mol. The van der Waals surface area contributed by atoms with Crippen LogP contribution in [0.1, 0.15) is 79.1 Å². The van der Waals surface area contributed by atoms with Gasteiger partial charge in [-0.15, -0.1) is 0 Å². The second kappa shape index (κ2) is 15.0. The summed E-state index contributed by atoms with van der Waals surface area (Å²) in [6.45, 7) is 9.42. The summed E-state index contributed by atoms with van der Waals surface area (Å²) in [4.78, 5) is 0. The predicted octanol–water partition coefficient (Wildman–Crippen LogP) is 11.5. The average Bonchev–Trinajstić information content (AvgIpc) is 2.71. The summed E-state index contributed by atoms with van der Waals surface area (Å²) < 4.78 is 60.1. The number of benzene rings is 1. The van der Waals surface area contributed by atoms with E-state index in [0.29, 0.717) is 0 Å². The molecule has 0 amide bonds. The van der Waals surface area contributed by atoms with E-state index in [0.717, 1.165) is 4.48 Å². The van der Waals surface area contributed by atoms with Crippen molar-refractivity contribution >= 4 is 20.8 Å². The number of nitrogens with zero attached hydrogens (tertiary/aromatic N) is 1. The van der Waals surface area contributed by atoms with Crippen molar-refractivity contribution in [3.63, 3.8) is 0 Å². The van der Waals surface area contributed by atoms with Crippen LogP contribution in [0.25, 0.3) is 0 Å². The van der Waals surface area contributed by atoms with Crippen LogP contribution in [0.5, 0.6) is 0 Å². The van der Waals surface area contributed by atoms with Crippen LogP contribution >= 0.6 is 15.1 Å². The quantitative estimate of drug-likeness (QED) is 0.133. The standard InChI is InChI=1S/C16H36P.C9H14N.F6P/c1-5-9-13-17(14-10-6-2,15-11-7-3)16-12-8-4;1-10(2,3)9-7-5-4-6-8-9;1-7(2,3,4,5)6/h5-16H2,1-4H3;4-8H,1-3H3;/q2*+1;-1. The minimum absolute atomic E-state index is 0.562. The summed E-state index contributed by atoms with van der Waals surface area (Å²) in [5.74, 6) is 0. The first-order valence-electron chi connectivity index (χ1n) is 12.6. The summed E-state index contributed by atoms with van der Waals surface area (Å²) >= 11 is 0. The Morgan fingerprint density at radius 1 is 0.588 bits per heavy atom. The van der Waals surface area contributed by atoms with Gasteiger partial charge in [-0.05, 0) is 37.8 Å². The Kier molecular flexibility index (Phi) is 15.8. The van der Waals surface area contributed by atoms with E-state index in [4.69, 9.17) is 0 Å². The zero-order chi connectivity index (χ0) is 27.0. The molecule has 0 spiro atoms. The van der Waals surface area contributed by atoms with Crippen LogP contribution in [0, 0.1) is 0 Å². The Morgan fingerprint density at radius 2 is 0.853 bits per heavy atom. The second-order valence-corrected chi connectivity index (χ2v) is 16.3. The number of halogens is 6. The van der Waals surface area contributed by atoms with Gasteiger partial charge in [-0.3, -0.25) is 4.48 Å². The summed E-state index contributed by atoms with van der Waals surface area (Å²) in [6.07, 6.45) is 17.9. The molecular weight excluding hydrogens is 490 g/mol. The molecule has 0 N–H and O–H groups in total. The minimum atomic E-state index is -10.7. The third-order valence-corrected chi connectivity index (χ3v) is 10.5. The Morgan fingerprint density at radius 3 is 1.03 bits per heavy atom. The molecule has 0 atom stereocenters. The van der Waals surface area contributed by atoms with Crippen LogP contribution in [0.15, 0.2) is 30.3 Å². The summed E-state index contributed by atoms with van der Waals surface area (Å²) in [5, 5.41) is 0. The average molecular weight is 541 g/mol. The number of quaternary nitrogens is 1. The first-order chi connectivity index (χ1) is 15.3. The number of hydrogen-bond acceptors (Lipinski definition) is 0. The van der Waals surface area contributed by atoms with Gasteiger partial charge in [0.2, 0.25) is 0 Å². The SMILES string of the molecule is CCCC[P+](CCCC)(CCCC)CCCC.C[N+](C)(C)c1ccccc1.F[P-](F)(F)(F)(F)F. The zero-order valence-electron chi connectivity index (χ0n) is 22.5. The Balaban J connectivity index is 0. The van der Waals surface area contributed by atoms with E-state index in [1.807, 2.05) is 6.07 Å². The van der Waals surface area contributed by atoms with Gasteiger partial charge in [-0.1, -0.05) is 71.6 Å². The van der Waals surface area contributed by atoms with Gasteiger partial charge < -0.3 is 0 Å². The van der Waals surface area contributed by atoms with E-state index < -0.39 is 15.1 Å². The van der Waals surface area contributed by atoms with Gasteiger partial charge in [-0.25, -0.2) is 0 Å². The van der Waals surface area contributed by atoms with Crippen LogP contribution in [0.4, 0.5) is 30.9 Å². The van der Waals surface area contributed by atoms with E-state index in [1.54, 1.807) is 24.6 Å². The van der Waals surface area contributed by atoms with Crippen LogP contribution in [-0.4, -0.2) is 45.8 Å². The predicted molar refractivity (Wildman–Crippen MR) is 146 cm³/mol. The van der Waals surface area contributed by atoms with Crippen LogP contribution in [-0.2, 0) is 0 Å². The molecule has 9 heteroatoms. The van der Waals surface area contributed by atoms with Gasteiger partial charge in [0.25, 0.3) is 0 Å². The molecule has 0 fully saturated rings. The molecule has 0 bridgehead atoms. The number of unbranched alkanes of at least 4 members (excludes halogenated alkanes) is 4. The van der Waals surface area contributed by atoms with Crippen molar-refractivity contribution in [3.8, 4) is 0 Å². The van der Waals surface area contributed by atoms with E-state index in [2.05, 4.69) is 73.1 Å². The van der Waals surface area contributed by atoms with Crippen LogP contribution in [0.2, 0.25) is 0 Å². The van der Waals surface area contributed by atoms with Crippen molar-refractivity contribution in [2.24, 2.45) is 0 Å². The molecule has 0 radical (unpaired) electrons. The van der Waals surface area contributed by atoms with Gasteiger partial charge >= 0.3 is 33.0 Å². The molecule has 0 saturated carbocycles. The van der Waals surface area contributed by atoms with Crippen molar-refractivity contribution in [3.05, 3.63) is 30.3 Å². The Bertz CT molecular complexity index is 579. The molecule has 0 saturated heterocycles. The van der Waals surface area contributed by atoms with Crippen molar-refractivity contribution in [2.45, 2.75) is 79.1 Å². The summed E-state index contributed by atoms with van der Waals surface area (Å²) in [7, 11) is -4.73. The van der Waals surface area contributed by atoms with E-state index >= 15 is 0 Å². The third-order valence-electron chi connectivity index (χ3n) is 5.47. The number of rotatable bonds is 13. The first-order valence-corrected chi connectivity index (χ1v) is 17.1. The van der Waals surface area contributed by atoms with E-state index in [9.17, 15) is 25.2 Å². The molecule has 0 aromatic heterocycles.